The van der Waals surface area contributed by atoms with Crippen molar-refractivity contribution < 1.29 is 32.6 Å². The Morgan fingerprint density at radius 2 is 2.00 bits per heavy atom. The molecule has 1 N–H and O–H groups in total. The highest BCUT2D eigenvalue weighted by Crippen LogP contribution is 2.42. The number of alkyl carbamates (subject to hydrolysis) is 1. The van der Waals surface area contributed by atoms with Gasteiger partial charge in [0.15, 0.2) is 5.82 Å². The van der Waals surface area contributed by atoms with E-state index in [4.69, 9.17) is 24.2 Å². The summed E-state index contributed by atoms with van der Waals surface area (Å²) in [4.78, 5) is 45.4. The van der Waals surface area contributed by atoms with Crippen LogP contribution in [0.5, 0.6) is 11.8 Å². The van der Waals surface area contributed by atoms with Gasteiger partial charge in [-0.1, -0.05) is 18.2 Å². The number of benzene rings is 2. The highest BCUT2D eigenvalue weighted by atomic mass is 19.1. The number of carbonyl (C=O) groups excluding carboxylic acids is 2. The first-order chi connectivity index (χ1) is 25.0. The molecule has 274 valence electrons. The van der Waals surface area contributed by atoms with Gasteiger partial charge in [-0.05, 0) is 80.5 Å². The molecule has 0 aliphatic carbocycles. The number of hydrogen-bond acceptors (Lipinski definition) is 10. The lowest BCUT2D eigenvalue weighted by molar-refractivity contribution is 0.107. The van der Waals surface area contributed by atoms with Crippen LogP contribution in [0.3, 0.4) is 0 Å². The summed E-state index contributed by atoms with van der Waals surface area (Å²) in [5.41, 5.74) is 0.244. The standard InChI is InChI=1S/C38H43F2N7O5/c1-37-11-6-13-46(21-37)33-28-19-41-31(30(40)32(28)42-34(43-33)51-22-38-12-7-14-47(38)20-25(39)18-38)27-17-26(52-36(49)45(2)3)16-24-9-4-8-23(29(24)27)10-5-15-50-35(48)44-37/h4,8-9,16-17,19,25H,5-7,10-15,18,20-22H2,1-3H3,(H,44,48)/t25-,37-,38+/m1/s1. The van der Waals surface area contributed by atoms with Gasteiger partial charge in [-0.15, -0.1) is 0 Å². The van der Waals surface area contributed by atoms with E-state index >= 15 is 4.39 Å². The van der Waals surface area contributed by atoms with Gasteiger partial charge in [0.05, 0.1) is 23.1 Å². The molecule has 2 aromatic carbocycles. The van der Waals surface area contributed by atoms with Crippen LogP contribution in [0.1, 0.15) is 51.0 Å². The molecule has 0 saturated carbocycles. The first-order valence-electron chi connectivity index (χ1n) is 18.0. The Balaban J connectivity index is 1.31. The Morgan fingerprint density at radius 1 is 1.15 bits per heavy atom. The molecule has 5 aliphatic heterocycles. The van der Waals surface area contributed by atoms with E-state index in [1.54, 1.807) is 32.4 Å². The molecule has 5 aliphatic rings. The van der Waals surface area contributed by atoms with E-state index < -0.39 is 35.3 Å². The first-order valence-corrected chi connectivity index (χ1v) is 18.0. The molecule has 7 heterocycles. The number of amides is 2. The summed E-state index contributed by atoms with van der Waals surface area (Å²) in [6.07, 6.45) is 4.16. The molecular formula is C38H43F2N7O5. The quantitative estimate of drug-likeness (QED) is 0.268. The average molecular weight is 716 g/mol. The summed E-state index contributed by atoms with van der Waals surface area (Å²) >= 11 is 0. The zero-order valence-electron chi connectivity index (χ0n) is 29.7. The van der Waals surface area contributed by atoms with Gasteiger partial charge >= 0.3 is 18.2 Å². The van der Waals surface area contributed by atoms with Crippen LogP contribution in [0.4, 0.5) is 24.2 Å². The van der Waals surface area contributed by atoms with E-state index in [1.807, 2.05) is 30.0 Å². The topological polar surface area (TPSA) is 122 Å². The summed E-state index contributed by atoms with van der Waals surface area (Å²) in [5.74, 6) is -0.0176. The minimum atomic E-state index is -0.934. The van der Waals surface area contributed by atoms with Gasteiger partial charge < -0.3 is 29.3 Å². The van der Waals surface area contributed by atoms with Crippen LogP contribution in [0.25, 0.3) is 32.9 Å². The normalized spacial score (nSPS) is 24.8. The van der Waals surface area contributed by atoms with Gasteiger partial charge in [0, 0.05) is 51.9 Å². The molecule has 14 heteroatoms. The number of nitrogens with one attached hydrogen (secondary N) is 1. The second kappa shape index (κ2) is 13.3. The van der Waals surface area contributed by atoms with Gasteiger partial charge in [0.2, 0.25) is 0 Å². The van der Waals surface area contributed by atoms with E-state index in [1.165, 1.54) is 4.90 Å². The highest BCUT2D eigenvalue weighted by molar-refractivity contribution is 6.02. The lowest BCUT2D eigenvalue weighted by Gasteiger charge is -2.41. The second-order valence-electron chi connectivity index (χ2n) is 15.1. The average Bonchev–Trinajstić information content (AvgIpc) is 3.64. The number of pyridine rings is 1. The molecule has 9 rings (SSSR count). The lowest BCUT2D eigenvalue weighted by Crippen LogP contribution is -2.57. The number of piperidine rings is 1. The number of carbonyl (C=O) groups is 2. The smallest absolute Gasteiger partial charge is 0.414 e. The largest absolute Gasteiger partial charge is 0.461 e. The number of aromatic nitrogens is 3. The van der Waals surface area contributed by atoms with Crippen LogP contribution >= 0.6 is 0 Å². The van der Waals surface area contributed by atoms with E-state index in [9.17, 15) is 14.0 Å². The maximum Gasteiger partial charge on any atom is 0.414 e. The van der Waals surface area contributed by atoms with E-state index in [-0.39, 0.29) is 36.2 Å². The minimum absolute atomic E-state index is 0.0149. The van der Waals surface area contributed by atoms with Gasteiger partial charge in [-0.2, -0.15) is 9.97 Å². The first kappa shape index (κ1) is 34.2. The van der Waals surface area contributed by atoms with Crippen molar-refractivity contribution in [3.8, 4) is 23.0 Å². The van der Waals surface area contributed by atoms with Crippen molar-refractivity contribution in [3.63, 3.8) is 0 Å². The number of halogens is 2. The van der Waals surface area contributed by atoms with Gasteiger partial charge in [0.1, 0.15) is 35.6 Å². The lowest BCUT2D eigenvalue weighted by atomic mass is 9.91. The highest BCUT2D eigenvalue weighted by Gasteiger charge is 2.49. The third-order valence-corrected chi connectivity index (χ3v) is 11.0. The van der Waals surface area contributed by atoms with E-state index in [2.05, 4.69) is 15.2 Å². The number of aryl methyl sites for hydroxylation is 1. The van der Waals surface area contributed by atoms with Crippen molar-refractivity contribution in [2.75, 3.05) is 58.4 Å². The van der Waals surface area contributed by atoms with Gasteiger partial charge in [0.25, 0.3) is 0 Å². The maximum absolute atomic E-state index is 17.3. The molecular weight excluding hydrogens is 672 g/mol. The second-order valence-corrected chi connectivity index (χ2v) is 15.1. The monoisotopic (exact) mass is 715 g/mol. The molecule has 0 spiro atoms. The van der Waals surface area contributed by atoms with Crippen molar-refractivity contribution in [2.45, 2.75) is 69.1 Å². The van der Waals surface area contributed by atoms with Crippen LogP contribution < -0.4 is 19.7 Å². The van der Waals surface area contributed by atoms with Crippen LogP contribution in [0, 0.1) is 5.82 Å². The summed E-state index contributed by atoms with van der Waals surface area (Å²) in [5, 5.41) is 4.91. The predicted octanol–water partition coefficient (Wildman–Crippen LogP) is 6.03. The van der Waals surface area contributed by atoms with Crippen molar-refractivity contribution in [1.29, 1.82) is 0 Å². The molecule has 2 amide bonds. The summed E-state index contributed by atoms with van der Waals surface area (Å²) in [6.45, 7) is 4.47. The Kier molecular flexibility index (Phi) is 8.75. The Labute approximate surface area is 300 Å². The number of anilines is 1. The van der Waals surface area contributed by atoms with Crippen molar-refractivity contribution in [2.24, 2.45) is 0 Å². The van der Waals surface area contributed by atoms with Crippen LogP contribution in [-0.4, -0.2) is 108 Å². The molecule has 0 radical (unpaired) electrons. The summed E-state index contributed by atoms with van der Waals surface area (Å²) in [7, 11) is 3.17. The molecule has 3 atom stereocenters. The molecule has 0 unspecified atom stereocenters. The summed E-state index contributed by atoms with van der Waals surface area (Å²) in [6, 6.07) is 9.06. The maximum atomic E-state index is 17.3. The molecule has 6 bridgehead atoms. The number of alkyl halides is 1. The zero-order chi connectivity index (χ0) is 36.2. The van der Waals surface area contributed by atoms with Crippen LogP contribution in [0.15, 0.2) is 36.5 Å². The Hall–Kier alpha value is -4.85. The van der Waals surface area contributed by atoms with Crippen molar-refractivity contribution >= 4 is 39.7 Å². The third-order valence-electron chi connectivity index (χ3n) is 11.0. The molecule has 2 aromatic heterocycles. The molecule has 4 aromatic rings. The fourth-order valence-corrected chi connectivity index (χ4v) is 8.52. The Bertz CT molecular complexity index is 2070. The van der Waals surface area contributed by atoms with Crippen LogP contribution in [-0.2, 0) is 11.2 Å². The van der Waals surface area contributed by atoms with Gasteiger partial charge in [-0.25, -0.2) is 18.4 Å². The van der Waals surface area contributed by atoms with Crippen molar-refractivity contribution in [3.05, 3.63) is 47.9 Å². The molecule has 3 fully saturated rings. The molecule has 3 saturated heterocycles. The number of rotatable bonds is 4. The van der Waals surface area contributed by atoms with Gasteiger partial charge in [-0.3, -0.25) is 9.88 Å². The van der Waals surface area contributed by atoms with Crippen molar-refractivity contribution in [1.82, 2.24) is 30.1 Å². The minimum Gasteiger partial charge on any atom is -0.461 e. The number of ether oxygens (including phenoxy) is 3. The fraction of sp³-hybridized carbons (Fsp3) is 0.500. The zero-order valence-corrected chi connectivity index (χ0v) is 29.7. The number of hydrogen-bond donors (Lipinski definition) is 1. The predicted molar refractivity (Wildman–Crippen MR) is 191 cm³/mol. The molecule has 52 heavy (non-hydrogen) atoms. The van der Waals surface area contributed by atoms with E-state index in [0.29, 0.717) is 62.1 Å². The SMILES string of the molecule is CN(C)C(=O)Oc1cc2c3c(cccc3c1)CCCOC(=O)N[C@]1(C)CCCN(C1)c1nc(OC[C@@]34CCCN3C[C@H](F)C4)nc3c(F)c-2ncc13. The summed E-state index contributed by atoms with van der Waals surface area (Å²) < 4.78 is 49.6. The molecule has 12 nitrogen and oxygen atoms in total. The number of fused-ring (bicyclic) bond motifs is 7. The fourth-order valence-electron chi connectivity index (χ4n) is 8.52. The van der Waals surface area contributed by atoms with E-state index in [0.717, 1.165) is 42.1 Å². The Morgan fingerprint density at radius 3 is 2.85 bits per heavy atom. The van der Waals surface area contributed by atoms with Crippen LogP contribution in [0.2, 0.25) is 0 Å². The number of nitrogens with zero attached hydrogens (tertiary/aromatic N) is 6. The third kappa shape index (κ3) is 6.30.